The smallest absolute Gasteiger partial charge is 0.122 e. The Bertz CT molecular complexity index is 1580. The van der Waals surface area contributed by atoms with Gasteiger partial charge in [0.05, 0.1) is 32.5 Å². The summed E-state index contributed by atoms with van der Waals surface area (Å²) in [6.45, 7) is 5.37. The first-order valence-corrected chi connectivity index (χ1v) is 16.0. The van der Waals surface area contributed by atoms with Gasteiger partial charge in [0.2, 0.25) is 0 Å². The molecule has 1 aliphatic heterocycles. The van der Waals surface area contributed by atoms with E-state index in [1.807, 2.05) is 23.5 Å². The van der Waals surface area contributed by atoms with Crippen molar-refractivity contribution in [3.63, 3.8) is 0 Å². The van der Waals surface area contributed by atoms with Crippen molar-refractivity contribution in [1.82, 2.24) is 0 Å². The largest absolute Gasteiger partial charge is 0.496 e. The molecule has 1 aliphatic rings. The third-order valence-electron chi connectivity index (χ3n) is 8.36. The molecule has 1 fully saturated rings. The lowest BCUT2D eigenvalue weighted by molar-refractivity contribution is -0.211. The van der Waals surface area contributed by atoms with Gasteiger partial charge in [-0.25, -0.2) is 0 Å². The fourth-order valence-electron chi connectivity index (χ4n) is 6.04. The second-order valence-corrected chi connectivity index (χ2v) is 12.5. The first-order valence-electron chi connectivity index (χ1n) is 15.2. The maximum Gasteiger partial charge on any atom is 0.122 e. The number of thiophene rings is 1. The quantitative estimate of drug-likeness (QED) is 0.153. The summed E-state index contributed by atoms with van der Waals surface area (Å²) in [6.07, 6.45) is 1.94. The van der Waals surface area contributed by atoms with Gasteiger partial charge in [-0.1, -0.05) is 85.8 Å². The summed E-state index contributed by atoms with van der Waals surface area (Å²) in [5.41, 5.74) is 5.72. The summed E-state index contributed by atoms with van der Waals surface area (Å²) in [5.74, 6) is 0.903. The van der Waals surface area contributed by atoms with Crippen LogP contribution in [0, 0.1) is 6.92 Å². The molecule has 43 heavy (non-hydrogen) atoms. The van der Waals surface area contributed by atoms with Gasteiger partial charge < -0.3 is 18.9 Å². The average molecular weight is 593 g/mol. The Hall–Kier alpha value is -3.48. The molecule has 4 aromatic carbocycles. The van der Waals surface area contributed by atoms with Gasteiger partial charge in [-0.3, -0.25) is 0 Å². The van der Waals surface area contributed by atoms with E-state index in [0.717, 1.165) is 52.8 Å². The number of benzene rings is 4. The van der Waals surface area contributed by atoms with Crippen molar-refractivity contribution in [2.75, 3.05) is 7.11 Å². The molecule has 2 heterocycles. The monoisotopic (exact) mass is 592 g/mol. The van der Waals surface area contributed by atoms with Gasteiger partial charge in [0.25, 0.3) is 0 Å². The first kappa shape index (κ1) is 29.6. The molecule has 0 N–H and O–H groups in total. The molecule has 0 amide bonds. The van der Waals surface area contributed by atoms with E-state index in [9.17, 15) is 0 Å². The van der Waals surface area contributed by atoms with Crippen molar-refractivity contribution in [2.24, 2.45) is 0 Å². The molecule has 0 bridgehead atoms. The van der Waals surface area contributed by atoms with Crippen molar-refractivity contribution < 1.29 is 18.9 Å². The normalized spacial score (nSPS) is 20.3. The van der Waals surface area contributed by atoms with Crippen LogP contribution in [0.4, 0.5) is 0 Å². The Morgan fingerprint density at radius 1 is 0.814 bits per heavy atom. The van der Waals surface area contributed by atoms with E-state index >= 15 is 0 Å². The molecule has 4 atom stereocenters. The maximum atomic E-state index is 6.87. The number of hydrogen-bond donors (Lipinski definition) is 0. The number of hydrogen-bond acceptors (Lipinski definition) is 5. The van der Waals surface area contributed by atoms with Crippen molar-refractivity contribution in [2.45, 2.75) is 70.7 Å². The van der Waals surface area contributed by atoms with Crippen LogP contribution in [-0.2, 0) is 33.8 Å². The predicted molar refractivity (Wildman–Crippen MR) is 175 cm³/mol. The van der Waals surface area contributed by atoms with Gasteiger partial charge >= 0.3 is 0 Å². The Balaban J connectivity index is 1.34. The standard InChI is InChI=1S/C38H40O4S/c1-4-31-23-35(40-24-27-13-7-5-8-14-27)38(41-25-28-15-9-6-10-16-28)37(42-31)33-22-30(34(39-3)19-26(33)2)21-32-20-29-17-11-12-18-36(29)43-32/h5-20,22,31,35,37-38H,4,21,23-25H2,1-3H3/t31-,35+,37+,38-/m1/s1. The summed E-state index contributed by atoms with van der Waals surface area (Å²) in [5, 5.41) is 1.28. The summed E-state index contributed by atoms with van der Waals surface area (Å²) in [4.78, 5) is 1.31. The zero-order valence-corrected chi connectivity index (χ0v) is 26.0. The van der Waals surface area contributed by atoms with E-state index in [-0.39, 0.29) is 24.4 Å². The van der Waals surface area contributed by atoms with Crippen LogP contribution in [0.25, 0.3) is 10.1 Å². The molecule has 0 unspecified atom stereocenters. The molecule has 222 valence electrons. The Morgan fingerprint density at radius 2 is 1.49 bits per heavy atom. The highest BCUT2D eigenvalue weighted by molar-refractivity contribution is 7.19. The maximum absolute atomic E-state index is 6.87. The summed E-state index contributed by atoms with van der Waals surface area (Å²) >= 11 is 1.84. The zero-order valence-electron chi connectivity index (χ0n) is 25.2. The summed E-state index contributed by atoms with van der Waals surface area (Å²) in [7, 11) is 1.76. The minimum atomic E-state index is -0.268. The zero-order chi connectivity index (χ0) is 29.6. The van der Waals surface area contributed by atoms with Crippen LogP contribution in [0.3, 0.4) is 0 Å². The molecule has 4 nitrogen and oxygen atoms in total. The fraction of sp³-hybridized carbons (Fsp3) is 0.316. The van der Waals surface area contributed by atoms with E-state index < -0.39 is 0 Å². The van der Waals surface area contributed by atoms with E-state index in [4.69, 9.17) is 18.9 Å². The van der Waals surface area contributed by atoms with Crippen LogP contribution < -0.4 is 4.74 Å². The lowest BCUT2D eigenvalue weighted by Crippen LogP contribution is -2.46. The third-order valence-corrected chi connectivity index (χ3v) is 9.48. The molecule has 0 saturated carbocycles. The SMILES string of the molecule is CC[C@@H]1C[C@H](OCc2ccccc2)[C@@H](OCc2ccccc2)[C@H](c2cc(Cc3cc4ccccc4s3)c(OC)cc2C)O1. The number of fused-ring (bicyclic) bond motifs is 1. The van der Waals surface area contributed by atoms with Crippen molar-refractivity contribution in [1.29, 1.82) is 0 Å². The Kier molecular flexibility index (Phi) is 9.55. The number of rotatable bonds is 11. The molecule has 5 heteroatoms. The van der Waals surface area contributed by atoms with Crippen LogP contribution in [0.1, 0.15) is 58.6 Å². The number of aryl methyl sites for hydroxylation is 1. The highest BCUT2D eigenvalue weighted by Gasteiger charge is 2.41. The van der Waals surface area contributed by atoms with Gasteiger partial charge in [0.15, 0.2) is 0 Å². The van der Waals surface area contributed by atoms with Crippen molar-refractivity contribution in [3.8, 4) is 5.75 Å². The van der Waals surface area contributed by atoms with Crippen LogP contribution >= 0.6 is 11.3 Å². The molecular formula is C38H40O4S. The summed E-state index contributed by atoms with van der Waals surface area (Å²) < 4.78 is 27.5. The van der Waals surface area contributed by atoms with Gasteiger partial charge in [-0.15, -0.1) is 11.3 Å². The first-order chi connectivity index (χ1) is 21.1. The van der Waals surface area contributed by atoms with Gasteiger partial charge in [0.1, 0.15) is 18.0 Å². The van der Waals surface area contributed by atoms with E-state index in [0.29, 0.717) is 13.2 Å². The third kappa shape index (κ3) is 7.02. The van der Waals surface area contributed by atoms with Crippen molar-refractivity contribution >= 4 is 21.4 Å². The van der Waals surface area contributed by atoms with Gasteiger partial charge in [-0.05, 0) is 70.8 Å². The number of methoxy groups -OCH3 is 1. The van der Waals surface area contributed by atoms with Gasteiger partial charge in [-0.2, -0.15) is 0 Å². The molecule has 0 radical (unpaired) electrons. The summed E-state index contributed by atoms with van der Waals surface area (Å²) in [6, 6.07) is 36.0. The second-order valence-electron chi connectivity index (χ2n) is 11.4. The minimum absolute atomic E-state index is 0.0786. The van der Waals surface area contributed by atoms with Crippen LogP contribution in [0.2, 0.25) is 0 Å². The van der Waals surface area contributed by atoms with E-state index in [1.165, 1.54) is 15.0 Å². The molecule has 0 aliphatic carbocycles. The molecule has 1 aromatic heterocycles. The van der Waals surface area contributed by atoms with Gasteiger partial charge in [0, 0.05) is 22.4 Å². The molecule has 5 aromatic rings. The molecular weight excluding hydrogens is 552 g/mol. The van der Waals surface area contributed by atoms with Crippen LogP contribution in [0.5, 0.6) is 5.75 Å². The highest BCUT2D eigenvalue weighted by Crippen LogP contribution is 2.41. The second kappa shape index (κ2) is 13.9. The Morgan fingerprint density at radius 3 is 2.16 bits per heavy atom. The molecule has 0 spiro atoms. The van der Waals surface area contributed by atoms with Crippen LogP contribution in [0.15, 0.2) is 103 Å². The highest BCUT2D eigenvalue weighted by atomic mass is 32.1. The predicted octanol–water partition coefficient (Wildman–Crippen LogP) is 9.22. The van der Waals surface area contributed by atoms with E-state index in [1.54, 1.807) is 7.11 Å². The fourth-order valence-corrected chi connectivity index (χ4v) is 7.12. The van der Waals surface area contributed by atoms with Crippen molar-refractivity contribution in [3.05, 3.63) is 136 Å². The van der Waals surface area contributed by atoms with Crippen LogP contribution in [-0.4, -0.2) is 25.4 Å². The number of ether oxygens (including phenoxy) is 4. The lowest BCUT2D eigenvalue weighted by Gasteiger charge is -2.42. The molecule has 6 rings (SSSR count). The van der Waals surface area contributed by atoms with E-state index in [2.05, 4.69) is 105 Å². The molecule has 1 saturated heterocycles. The topological polar surface area (TPSA) is 36.9 Å². The average Bonchev–Trinajstić information content (AvgIpc) is 3.46. The Labute approximate surface area is 259 Å². The minimum Gasteiger partial charge on any atom is -0.496 e. The lowest BCUT2D eigenvalue weighted by atomic mass is 9.88.